The molecule has 2 unspecified atom stereocenters. The van der Waals surface area contributed by atoms with Crippen molar-refractivity contribution in [2.24, 2.45) is 5.92 Å². The van der Waals surface area contributed by atoms with Crippen LogP contribution in [-0.4, -0.2) is 0 Å². The van der Waals surface area contributed by atoms with Gasteiger partial charge in [0, 0.05) is 42.9 Å². The van der Waals surface area contributed by atoms with Crippen LogP contribution in [0, 0.1) is 5.92 Å². The number of hydrogen-bond donors (Lipinski definition) is 0. The van der Waals surface area contributed by atoms with Gasteiger partial charge in [0.2, 0.25) is 0 Å². The van der Waals surface area contributed by atoms with Gasteiger partial charge in [0.25, 0.3) is 0 Å². The molecule has 0 N–H and O–H groups in total. The van der Waals surface area contributed by atoms with Gasteiger partial charge in [-0.15, -0.1) is 11.3 Å². The quantitative estimate of drug-likeness (QED) is 0.180. The van der Waals surface area contributed by atoms with Crippen LogP contribution in [0.3, 0.4) is 0 Å². The third-order valence-corrected chi connectivity index (χ3v) is 12.5. The molecule has 2 atom stereocenters. The predicted octanol–water partition coefficient (Wildman–Crippen LogP) is 13.7. The third-order valence-electron chi connectivity index (χ3n) is 11.4. The lowest BCUT2D eigenvalue weighted by Gasteiger charge is -2.39. The normalized spacial score (nSPS) is 17.8. The first kappa shape index (κ1) is 29.6. The maximum Gasteiger partial charge on any atom is 0.137 e. The number of benzene rings is 7. The van der Waals surface area contributed by atoms with Gasteiger partial charge in [-0.2, -0.15) is 0 Å². The molecule has 2 aromatic heterocycles. The van der Waals surface area contributed by atoms with Crippen molar-refractivity contribution in [3.63, 3.8) is 0 Å². The van der Waals surface area contributed by atoms with Crippen molar-refractivity contribution in [1.82, 2.24) is 0 Å². The first-order valence-electron chi connectivity index (χ1n) is 18.0. The van der Waals surface area contributed by atoms with Crippen LogP contribution >= 0.6 is 11.3 Å². The number of anilines is 3. The number of furan rings is 1. The molecule has 2 nitrogen and oxygen atoms in total. The van der Waals surface area contributed by atoms with E-state index in [1.165, 1.54) is 48.0 Å². The van der Waals surface area contributed by atoms with E-state index in [0.717, 1.165) is 45.4 Å². The number of thiophene rings is 1. The van der Waals surface area contributed by atoms with E-state index in [9.17, 15) is 0 Å². The number of allylic oxidation sites excluding steroid dienone is 4. The standard InChI is InChI=1S/C49H33NOS/c1-3-15-32(16-4-1)49(39-22-10-7-19-35(39)36-20-8-11-23-40(36)49)41-24-13-28-45-47(41)38-30-29-34(31-46(38)52-45)50(33-17-5-2-6-18-33)42-25-14-27-44-48(42)37-21-9-12-26-43(37)51-44/h1-22,24-31,40H,23H2. The van der Waals surface area contributed by atoms with Crippen LogP contribution < -0.4 is 4.90 Å². The fourth-order valence-electron chi connectivity index (χ4n) is 9.36. The molecule has 0 fully saturated rings. The average Bonchev–Trinajstić information content (AvgIpc) is 3.87. The van der Waals surface area contributed by atoms with E-state index in [2.05, 4.69) is 181 Å². The highest BCUT2D eigenvalue weighted by Gasteiger charge is 2.52. The van der Waals surface area contributed by atoms with Crippen LogP contribution in [0.25, 0.3) is 47.7 Å². The van der Waals surface area contributed by atoms with Crippen molar-refractivity contribution < 1.29 is 4.42 Å². The largest absolute Gasteiger partial charge is 0.456 e. The second-order valence-electron chi connectivity index (χ2n) is 13.9. The van der Waals surface area contributed by atoms with E-state index in [1.807, 2.05) is 17.4 Å². The van der Waals surface area contributed by atoms with Crippen molar-refractivity contribution in [2.45, 2.75) is 11.8 Å². The molecule has 2 heterocycles. The Morgan fingerprint density at radius 3 is 2.23 bits per heavy atom. The van der Waals surface area contributed by atoms with Crippen LogP contribution in [-0.2, 0) is 5.41 Å². The summed E-state index contributed by atoms with van der Waals surface area (Å²) in [5.74, 6) is 0.302. The van der Waals surface area contributed by atoms with E-state index in [1.54, 1.807) is 0 Å². The molecule has 0 aliphatic heterocycles. The molecule has 2 aliphatic carbocycles. The maximum absolute atomic E-state index is 6.36. The van der Waals surface area contributed by atoms with Gasteiger partial charge in [0.15, 0.2) is 0 Å². The van der Waals surface area contributed by atoms with Gasteiger partial charge >= 0.3 is 0 Å². The van der Waals surface area contributed by atoms with Crippen LogP contribution in [0.15, 0.2) is 186 Å². The lowest BCUT2D eigenvalue weighted by molar-refractivity contribution is 0.488. The highest BCUT2D eigenvalue weighted by molar-refractivity contribution is 7.25. The highest BCUT2D eigenvalue weighted by atomic mass is 32.1. The molecular weight excluding hydrogens is 651 g/mol. The minimum absolute atomic E-state index is 0.302. The van der Waals surface area contributed by atoms with E-state index in [0.29, 0.717) is 5.92 Å². The SMILES string of the molecule is C1=CCC2C(=C1)c1ccccc1C2(c1ccccc1)c1cccc2sc3cc(N(c4ccccc4)c4cccc5oc6ccccc6c45)ccc3c12. The van der Waals surface area contributed by atoms with Crippen LogP contribution in [0.2, 0.25) is 0 Å². The molecule has 0 saturated heterocycles. The Bertz CT molecular complexity index is 2900. The molecule has 3 heteroatoms. The summed E-state index contributed by atoms with van der Waals surface area (Å²) in [4.78, 5) is 2.39. The highest BCUT2D eigenvalue weighted by Crippen LogP contribution is 2.61. The summed E-state index contributed by atoms with van der Waals surface area (Å²) in [5.41, 5.74) is 11.8. The molecule has 0 radical (unpaired) electrons. The van der Waals surface area contributed by atoms with Gasteiger partial charge in [-0.3, -0.25) is 0 Å². The zero-order valence-electron chi connectivity index (χ0n) is 28.4. The monoisotopic (exact) mass is 683 g/mol. The molecule has 0 spiro atoms. The molecule has 52 heavy (non-hydrogen) atoms. The zero-order chi connectivity index (χ0) is 34.2. The number of nitrogens with zero attached hydrogens (tertiary/aromatic N) is 1. The lowest BCUT2D eigenvalue weighted by atomic mass is 9.62. The van der Waals surface area contributed by atoms with Crippen molar-refractivity contribution in [3.05, 3.63) is 204 Å². The van der Waals surface area contributed by atoms with E-state index < -0.39 is 0 Å². The Morgan fingerprint density at radius 2 is 1.33 bits per heavy atom. The Morgan fingerprint density at radius 1 is 0.577 bits per heavy atom. The fraction of sp³-hybridized carbons (Fsp3) is 0.0612. The Labute approximate surface area is 306 Å². The predicted molar refractivity (Wildman–Crippen MR) is 219 cm³/mol. The topological polar surface area (TPSA) is 16.4 Å². The number of para-hydroxylation sites is 2. The van der Waals surface area contributed by atoms with Crippen LogP contribution in [0.4, 0.5) is 17.1 Å². The molecule has 11 rings (SSSR count). The fourth-order valence-corrected chi connectivity index (χ4v) is 10.5. The number of fused-ring (bicyclic) bond motifs is 9. The summed E-state index contributed by atoms with van der Waals surface area (Å²) in [6.07, 6.45) is 7.96. The summed E-state index contributed by atoms with van der Waals surface area (Å²) in [7, 11) is 0. The third kappa shape index (κ3) is 4.11. The Hall–Kier alpha value is -6.16. The molecule has 0 saturated carbocycles. The first-order valence-corrected chi connectivity index (χ1v) is 18.9. The minimum atomic E-state index is -0.325. The maximum atomic E-state index is 6.36. The lowest BCUT2D eigenvalue weighted by Crippen LogP contribution is -2.34. The molecular formula is C49H33NOS. The molecule has 7 aromatic carbocycles. The van der Waals surface area contributed by atoms with E-state index in [-0.39, 0.29) is 5.41 Å². The summed E-state index contributed by atoms with van der Waals surface area (Å²) in [6.45, 7) is 0. The van der Waals surface area contributed by atoms with Crippen molar-refractivity contribution in [2.75, 3.05) is 4.90 Å². The molecule has 0 amide bonds. The first-order chi connectivity index (χ1) is 25.8. The summed E-state index contributed by atoms with van der Waals surface area (Å²) < 4.78 is 8.95. The van der Waals surface area contributed by atoms with Gasteiger partial charge < -0.3 is 9.32 Å². The Kier molecular flexibility index (Phi) is 6.50. The van der Waals surface area contributed by atoms with E-state index >= 15 is 0 Å². The van der Waals surface area contributed by atoms with Gasteiger partial charge in [-0.05, 0) is 82.8 Å². The molecule has 2 aliphatic rings. The van der Waals surface area contributed by atoms with Crippen molar-refractivity contribution >= 4 is 76.1 Å². The van der Waals surface area contributed by atoms with Gasteiger partial charge in [-0.1, -0.05) is 133 Å². The number of hydrogen-bond acceptors (Lipinski definition) is 3. The van der Waals surface area contributed by atoms with Crippen molar-refractivity contribution in [1.29, 1.82) is 0 Å². The molecule has 9 aromatic rings. The van der Waals surface area contributed by atoms with Gasteiger partial charge in [-0.25, -0.2) is 0 Å². The zero-order valence-corrected chi connectivity index (χ0v) is 29.2. The second-order valence-corrected chi connectivity index (χ2v) is 15.0. The Balaban J connectivity index is 1.17. The summed E-state index contributed by atoms with van der Waals surface area (Å²) in [6, 6.07) is 59.9. The summed E-state index contributed by atoms with van der Waals surface area (Å²) >= 11 is 1.90. The molecule has 246 valence electrons. The minimum Gasteiger partial charge on any atom is -0.456 e. The van der Waals surface area contributed by atoms with Gasteiger partial charge in [0.05, 0.1) is 16.5 Å². The molecule has 0 bridgehead atoms. The summed E-state index contributed by atoms with van der Waals surface area (Å²) in [5, 5.41) is 4.90. The average molecular weight is 684 g/mol. The smallest absolute Gasteiger partial charge is 0.137 e. The van der Waals surface area contributed by atoms with Gasteiger partial charge in [0.1, 0.15) is 11.2 Å². The second kappa shape index (κ2) is 11.4. The van der Waals surface area contributed by atoms with Crippen molar-refractivity contribution in [3.8, 4) is 0 Å². The van der Waals surface area contributed by atoms with E-state index in [4.69, 9.17) is 4.42 Å². The number of rotatable bonds is 5. The van der Waals surface area contributed by atoms with Crippen LogP contribution in [0.1, 0.15) is 28.7 Å². The van der Waals surface area contributed by atoms with Crippen LogP contribution in [0.5, 0.6) is 0 Å².